The molecule has 1 unspecified atom stereocenters. The number of ether oxygens (including phenoxy) is 3. The van der Waals surface area contributed by atoms with Gasteiger partial charge in [0.2, 0.25) is 0 Å². The number of rotatable bonds is 7. The molecule has 0 fully saturated rings. The molecular formula is C15H22ClNO3. The van der Waals surface area contributed by atoms with Gasteiger partial charge in [-0.05, 0) is 36.2 Å². The van der Waals surface area contributed by atoms with Gasteiger partial charge in [-0.1, -0.05) is 18.5 Å². The molecule has 0 radical (unpaired) electrons. The summed E-state index contributed by atoms with van der Waals surface area (Å²) in [7, 11) is 3.30. The van der Waals surface area contributed by atoms with Crippen LogP contribution >= 0.6 is 11.6 Å². The first-order valence-electron chi connectivity index (χ1n) is 6.92. The van der Waals surface area contributed by atoms with Crippen LogP contribution in [0.4, 0.5) is 0 Å². The quantitative estimate of drug-likeness (QED) is 0.785. The number of hydrogen-bond donors (Lipinski definition) is 1. The molecule has 112 valence electrons. The Hall–Kier alpha value is -0.810. The van der Waals surface area contributed by atoms with E-state index in [4.69, 9.17) is 25.8 Å². The summed E-state index contributed by atoms with van der Waals surface area (Å²) in [6.07, 6.45) is 1.38. The number of methoxy groups -OCH3 is 2. The van der Waals surface area contributed by atoms with Gasteiger partial charge in [0.1, 0.15) is 5.75 Å². The first-order chi connectivity index (χ1) is 9.69. The summed E-state index contributed by atoms with van der Waals surface area (Å²) in [5, 5.41) is 4.15. The first kappa shape index (κ1) is 15.6. The Morgan fingerprint density at radius 3 is 2.75 bits per heavy atom. The fraction of sp³-hybridized carbons (Fsp3) is 0.600. The summed E-state index contributed by atoms with van der Waals surface area (Å²) in [6.45, 7) is 3.64. The predicted molar refractivity (Wildman–Crippen MR) is 79.6 cm³/mol. The van der Waals surface area contributed by atoms with Gasteiger partial charge < -0.3 is 19.5 Å². The number of halogens is 1. The largest absolute Gasteiger partial charge is 0.493 e. The highest BCUT2D eigenvalue weighted by Gasteiger charge is 2.25. The molecule has 1 N–H and O–H groups in total. The normalized spacial score (nSPS) is 15.2. The van der Waals surface area contributed by atoms with Crippen LogP contribution in [0.5, 0.6) is 5.75 Å². The third-order valence-corrected chi connectivity index (χ3v) is 3.74. The van der Waals surface area contributed by atoms with Crippen LogP contribution in [0.1, 0.15) is 18.1 Å². The van der Waals surface area contributed by atoms with E-state index in [1.54, 1.807) is 14.2 Å². The molecule has 0 saturated heterocycles. The van der Waals surface area contributed by atoms with Crippen molar-refractivity contribution in [3.63, 3.8) is 0 Å². The zero-order valence-corrected chi connectivity index (χ0v) is 13.0. The Kier molecular flexibility index (Phi) is 5.66. The monoisotopic (exact) mass is 299 g/mol. The molecule has 1 aliphatic heterocycles. The number of fused-ring (bicyclic) bond motifs is 1. The highest BCUT2D eigenvalue weighted by molar-refractivity contribution is 6.30. The van der Waals surface area contributed by atoms with E-state index >= 15 is 0 Å². The second kappa shape index (κ2) is 7.27. The topological polar surface area (TPSA) is 39.7 Å². The van der Waals surface area contributed by atoms with E-state index in [-0.39, 0.29) is 12.3 Å². The van der Waals surface area contributed by atoms with E-state index in [2.05, 4.69) is 12.2 Å². The standard InChI is InChI=1S/C15H22ClNO3/c1-4-17-13(15(18-2)19-3)9-11-8-12(16)7-10-5-6-20-14(10)11/h7-8,13,15,17H,4-6,9H2,1-3H3. The van der Waals surface area contributed by atoms with Crippen LogP contribution in [-0.2, 0) is 22.3 Å². The van der Waals surface area contributed by atoms with Crippen molar-refractivity contribution >= 4 is 11.6 Å². The van der Waals surface area contributed by atoms with Gasteiger partial charge in [-0.25, -0.2) is 0 Å². The van der Waals surface area contributed by atoms with Crippen LogP contribution in [0, 0.1) is 0 Å². The predicted octanol–water partition coefficient (Wildman–Crippen LogP) is 2.41. The summed E-state index contributed by atoms with van der Waals surface area (Å²) < 4.78 is 16.5. The van der Waals surface area contributed by atoms with Crippen LogP contribution in [-0.4, -0.2) is 39.7 Å². The lowest BCUT2D eigenvalue weighted by Gasteiger charge is -2.26. The molecule has 0 aromatic heterocycles. The summed E-state index contributed by atoms with van der Waals surface area (Å²) in [4.78, 5) is 0. The number of nitrogens with one attached hydrogen (secondary N) is 1. The van der Waals surface area contributed by atoms with Crippen molar-refractivity contribution in [2.45, 2.75) is 32.1 Å². The minimum Gasteiger partial charge on any atom is -0.493 e. The summed E-state index contributed by atoms with van der Waals surface area (Å²) in [5.74, 6) is 0.975. The Labute approximate surface area is 125 Å². The van der Waals surface area contributed by atoms with Gasteiger partial charge in [0.25, 0.3) is 0 Å². The first-order valence-corrected chi connectivity index (χ1v) is 7.30. The van der Waals surface area contributed by atoms with Crippen molar-refractivity contribution in [3.05, 3.63) is 28.3 Å². The zero-order valence-electron chi connectivity index (χ0n) is 12.2. The number of hydrogen-bond acceptors (Lipinski definition) is 4. The second-order valence-corrected chi connectivity index (χ2v) is 5.30. The van der Waals surface area contributed by atoms with Crippen LogP contribution in [0.3, 0.4) is 0 Å². The Bertz CT molecular complexity index is 449. The lowest BCUT2D eigenvalue weighted by molar-refractivity contribution is -0.122. The van der Waals surface area contributed by atoms with Gasteiger partial charge in [0, 0.05) is 25.7 Å². The van der Waals surface area contributed by atoms with E-state index < -0.39 is 0 Å². The summed E-state index contributed by atoms with van der Waals surface area (Å²) in [5.41, 5.74) is 2.30. The minimum absolute atomic E-state index is 0.0572. The van der Waals surface area contributed by atoms with Gasteiger partial charge >= 0.3 is 0 Å². The van der Waals surface area contributed by atoms with E-state index in [9.17, 15) is 0 Å². The molecule has 4 nitrogen and oxygen atoms in total. The molecule has 20 heavy (non-hydrogen) atoms. The lowest BCUT2D eigenvalue weighted by atomic mass is 10.0. The number of benzene rings is 1. The summed E-state index contributed by atoms with van der Waals surface area (Å²) in [6, 6.07) is 4.01. The maximum absolute atomic E-state index is 6.20. The molecule has 0 saturated carbocycles. The molecule has 0 spiro atoms. The maximum atomic E-state index is 6.20. The highest BCUT2D eigenvalue weighted by atomic mass is 35.5. The molecule has 5 heteroatoms. The smallest absolute Gasteiger partial charge is 0.172 e. The van der Waals surface area contributed by atoms with Crippen molar-refractivity contribution in [1.29, 1.82) is 0 Å². The van der Waals surface area contributed by atoms with Gasteiger partial charge in [0.15, 0.2) is 6.29 Å². The third kappa shape index (κ3) is 3.44. The average molecular weight is 300 g/mol. The highest BCUT2D eigenvalue weighted by Crippen LogP contribution is 2.33. The van der Waals surface area contributed by atoms with Crippen molar-refractivity contribution in [2.75, 3.05) is 27.4 Å². The molecule has 1 atom stereocenters. The molecule has 1 aliphatic rings. The van der Waals surface area contributed by atoms with E-state index in [0.717, 1.165) is 42.3 Å². The zero-order chi connectivity index (χ0) is 14.5. The van der Waals surface area contributed by atoms with Gasteiger partial charge in [-0.3, -0.25) is 0 Å². The van der Waals surface area contributed by atoms with Crippen molar-refractivity contribution in [1.82, 2.24) is 5.32 Å². The fourth-order valence-electron chi connectivity index (χ4n) is 2.69. The van der Waals surface area contributed by atoms with Crippen LogP contribution in [0.15, 0.2) is 12.1 Å². The molecule has 0 amide bonds. The molecule has 1 aromatic carbocycles. The van der Waals surface area contributed by atoms with E-state index in [0.29, 0.717) is 0 Å². The molecule has 1 heterocycles. The van der Waals surface area contributed by atoms with Gasteiger partial charge in [-0.2, -0.15) is 0 Å². The summed E-state index contributed by atoms with van der Waals surface area (Å²) >= 11 is 6.20. The SMILES string of the molecule is CCNC(Cc1cc(Cl)cc2c1OCC2)C(OC)OC. The van der Waals surface area contributed by atoms with Crippen molar-refractivity contribution < 1.29 is 14.2 Å². The van der Waals surface area contributed by atoms with E-state index in [1.807, 2.05) is 12.1 Å². The average Bonchev–Trinajstić information content (AvgIpc) is 2.88. The molecule has 2 rings (SSSR count). The third-order valence-electron chi connectivity index (χ3n) is 3.52. The Balaban J connectivity index is 2.22. The molecular weight excluding hydrogens is 278 g/mol. The van der Waals surface area contributed by atoms with Gasteiger partial charge in [-0.15, -0.1) is 0 Å². The van der Waals surface area contributed by atoms with Gasteiger partial charge in [0.05, 0.1) is 12.6 Å². The van der Waals surface area contributed by atoms with Crippen LogP contribution in [0.2, 0.25) is 5.02 Å². The second-order valence-electron chi connectivity index (χ2n) is 4.86. The van der Waals surface area contributed by atoms with Crippen molar-refractivity contribution in [3.8, 4) is 5.75 Å². The molecule has 0 bridgehead atoms. The maximum Gasteiger partial charge on any atom is 0.172 e. The molecule has 0 aliphatic carbocycles. The number of likely N-dealkylation sites (N-methyl/N-ethyl adjacent to an activating group) is 1. The Morgan fingerprint density at radius 1 is 1.35 bits per heavy atom. The molecule has 1 aromatic rings. The van der Waals surface area contributed by atoms with Crippen LogP contribution in [0.25, 0.3) is 0 Å². The minimum atomic E-state index is -0.300. The Morgan fingerprint density at radius 2 is 2.10 bits per heavy atom. The van der Waals surface area contributed by atoms with Crippen LogP contribution < -0.4 is 10.1 Å². The lowest BCUT2D eigenvalue weighted by Crippen LogP contribution is -2.43. The van der Waals surface area contributed by atoms with E-state index in [1.165, 1.54) is 5.56 Å². The fourth-order valence-corrected chi connectivity index (χ4v) is 2.95. The van der Waals surface area contributed by atoms with Crippen molar-refractivity contribution in [2.24, 2.45) is 0 Å².